The highest BCUT2D eigenvalue weighted by Crippen LogP contribution is 2.67. The number of sulfonamides is 1. The van der Waals surface area contributed by atoms with Crippen LogP contribution in [0.3, 0.4) is 0 Å². The van der Waals surface area contributed by atoms with E-state index < -0.39 is 21.5 Å². The van der Waals surface area contributed by atoms with Crippen LogP contribution < -0.4 is 0 Å². The molecule has 0 spiro atoms. The third kappa shape index (κ3) is 5.94. The summed E-state index contributed by atoms with van der Waals surface area (Å²) in [5.41, 5.74) is 0.160. The largest absolute Gasteiger partial charge is 0.461 e. The van der Waals surface area contributed by atoms with E-state index in [0.717, 1.165) is 89.2 Å². The highest BCUT2D eigenvalue weighted by molar-refractivity contribution is 7.89. The molecule has 1 aromatic carbocycles. The van der Waals surface area contributed by atoms with Crippen molar-refractivity contribution in [1.82, 2.24) is 9.21 Å². The number of carbonyl (C=O) groups excluding carboxylic acids is 1. The Morgan fingerprint density at radius 2 is 1.56 bits per heavy atom. The smallest absolute Gasteiger partial charge is 0.311 e. The first-order chi connectivity index (χ1) is 20.5. The SMILES string of the molecule is CN1CC[C@H](c2ccc(F)cc2)[C@@H](C(=O)O[C@@H]2C[C@H]3CC[C@@]2(CS(=O)(=O)N(C2CCCCC2)C2CCCCC2)C3(C)C)C1. The summed E-state index contributed by atoms with van der Waals surface area (Å²) in [6.07, 6.45) is 13.6. The average Bonchev–Trinajstić information content (AvgIpc) is 3.33. The second kappa shape index (κ2) is 12.4. The summed E-state index contributed by atoms with van der Waals surface area (Å²) in [5, 5.41) is 0. The van der Waals surface area contributed by atoms with Gasteiger partial charge in [-0.05, 0) is 99.9 Å². The van der Waals surface area contributed by atoms with Gasteiger partial charge in [-0.25, -0.2) is 12.8 Å². The van der Waals surface area contributed by atoms with Gasteiger partial charge in [-0.15, -0.1) is 0 Å². The molecule has 0 aromatic heterocycles. The molecule has 43 heavy (non-hydrogen) atoms. The van der Waals surface area contributed by atoms with Crippen molar-refractivity contribution < 1.29 is 22.3 Å². The number of hydrogen-bond donors (Lipinski definition) is 0. The Labute approximate surface area is 259 Å². The van der Waals surface area contributed by atoms with Crippen LogP contribution in [-0.2, 0) is 19.6 Å². The number of hydrogen-bond acceptors (Lipinski definition) is 5. The van der Waals surface area contributed by atoms with E-state index in [0.29, 0.717) is 12.5 Å². The van der Waals surface area contributed by atoms with Crippen LogP contribution in [0.4, 0.5) is 4.39 Å². The van der Waals surface area contributed by atoms with Gasteiger partial charge < -0.3 is 9.64 Å². The number of rotatable bonds is 8. The second-order valence-electron chi connectivity index (χ2n) is 15.3. The van der Waals surface area contributed by atoms with Crippen LogP contribution in [0.2, 0.25) is 0 Å². The third-order valence-electron chi connectivity index (χ3n) is 12.7. The summed E-state index contributed by atoms with van der Waals surface area (Å²) >= 11 is 0. The van der Waals surface area contributed by atoms with Gasteiger partial charge in [0, 0.05) is 24.0 Å². The number of halogens is 1. The van der Waals surface area contributed by atoms with Crippen molar-refractivity contribution in [1.29, 1.82) is 0 Å². The minimum Gasteiger partial charge on any atom is -0.461 e. The van der Waals surface area contributed by atoms with Crippen LogP contribution in [0.15, 0.2) is 24.3 Å². The average molecular weight is 617 g/mol. The Kier molecular flexibility index (Phi) is 9.04. The van der Waals surface area contributed by atoms with Crippen molar-refractivity contribution in [2.45, 2.75) is 128 Å². The highest BCUT2D eigenvalue weighted by Gasteiger charge is 2.67. The fourth-order valence-corrected chi connectivity index (χ4v) is 12.9. The molecule has 0 N–H and O–H groups in total. The molecule has 6 rings (SSSR count). The minimum absolute atomic E-state index is 0.0383. The Bertz CT molecular complexity index is 1220. The van der Waals surface area contributed by atoms with Crippen LogP contribution >= 0.6 is 0 Å². The molecule has 1 saturated heterocycles. The van der Waals surface area contributed by atoms with Crippen molar-refractivity contribution in [3.8, 4) is 0 Å². The lowest BCUT2D eigenvalue weighted by Crippen LogP contribution is -2.55. The summed E-state index contributed by atoms with van der Waals surface area (Å²) in [5.74, 6) is -0.466. The molecular formula is C35H53FN2O4S. The highest BCUT2D eigenvalue weighted by atomic mass is 32.2. The molecule has 0 amide bonds. The van der Waals surface area contributed by atoms with Crippen LogP contribution in [0.5, 0.6) is 0 Å². The van der Waals surface area contributed by atoms with Crippen molar-refractivity contribution >= 4 is 16.0 Å². The van der Waals surface area contributed by atoms with Gasteiger partial charge in [-0.1, -0.05) is 64.5 Å². The predicted octanol–water partition coefficient (Wildman–Crippen LogP) is 6.90. The maximum absolute atomic E-state index is 14.7. The summed E-state index contributed by atoms with van der Waals surface area (Å²) in [6, 6.07) is 6.75. The van der Waals surface area contributed by atoms with Crippen LogP contribution in [0.1, 0.15) is 115 Å². The van der Waals surface area contributed by atoms with Crippen LogP contribution in [0, 0.1) is 28.5 Å². The molecule has 4 saturated carbocycles. The fourth-order valence-electron chi connectivity index (χ4n) is 10.0. The first kappa shape index (κ1) is 31.5. The fraction of sp³-hybridized carbons (Fsp3) is 0.800. The van der Waals surface area contributed by atoms with E-state index in [1.807, 2.05) is 11.4 Å². The number of likely N-dealkylation sites (tertiary alicyclic amines) is 1. The van der Waals surface area contributed by atoms with E-state index in [-0.39, 0.29) is 46.9 Å². The van der Waals surface area contributed by atoms with E-state index >= 15 is 0 Å². The van der Waals surface area contributed by atoms with Gasteiger partial charge in [-0.3, -0.25) is 4.79 Å². The lowest BCUT2D eigenvalue weighted by molar-refractivity contribution is -0.164. The summed E-state index contributed by atoms with van der Waals surface area (Å²) in [7, 11) is -1.55. The number of carbonyl (C=O) groups is 1. The molecule has 1 aromatic rings. The van der Waals surface area contributed by atoms with Gasteiger partial charge in [0.2, 0.25) is 10.0 Å². The number of benzene rings is 1. The monoisotopic (exact) mass is 616 g/mol. The van der Waals surface area contributed by atoms with E-state index in [1.54, 1.807) is 12.1 Å². The maximum atomic E-state index is 14.7. The second-order valence-corrected chi connectivity index (χ2v) is 17.1. The molecule has 0 unspecified atom stereocenters. The topological polar surface area (TPSA) is 66.9 Å². The number of fused-ring (bicyclic) bond motifs is 2. The molecule has 1 heterocycles. The van der Waals surface area contributed by atoms with E-state index in [4.69, 9.17) is 4.74 Å². The zero-order valence-electron chi connectivity index (χ0n) is 26.6. The van der Waals surface area contributed by atoms with Gasteiger partial charge in [0.15, 0.2) is 0 Å². The number of esters is 1. The minimum atomic E-state index is -3.58. The quantitative estimate of drug-likeness (QED) is 0.298. The number of piperidine rings is 1. The zero-order chi connectivity index (χ0) is 30.4. The lowest BCUT2D eigenvalue weighted by Gasteiger charge is -2.46. The predicted molar refractivity (Wildman–Crippen MR) is 168 cm³/mol. The number of nitrogens with zero attached hydrogens (tertiary/aromatic N) is 2. The summed E-state index contributed by atoms with van der Waals surface area (Å²) < 4.78 is 51.8. The van der Waals surface area contributed by atoms with E-state index in [9.17, 15) is 17.6 Å². The van der Waals surface area contributed by atoms with Crippen molar-refractivity contribution in [3.05, 3.63) is 35.6 Å². The molecule has 5 fully saturated rings. The third-order valence-corrected chi connectivity index (χ3v) is 14.8. The molecule has 240 valence electrons. The molecule has 0 radical (unpaired) electrons. The lowest BCUT2D eigenvalue weighted by atomic mass is 9.69. The van der Waals surface area contributed by atoms with E-state index in [1.165, 1.54) is 25.0 Å². The van der Waals surface area contributed by atoms with Crippen molar-refractivity contribution in [2.24, 2.45) is 22.7 Å². The van der Waals surface area contributed by atoms with Gasteiger partial charge in [0.1, 0.15) is 11.9 Å². The molecule has 5 aliphatic rings. The molecule has 6 nitrogen and oxygen atoms in total. The van der Waals surface area contributed by atoms with Crippen LogP contribution in [0.25, 0.3) is 0 Å². The van der Waals surface area contributed by atoms with Crippen molar-refractivity contribution in [2.75, 3.05) is 25.9 Å². The summed E-state index contributed by atoms with van der Waals surface area (Å²) in [6.45, 7) is 5.91. The van der Waals surface area contributed by atoms with Gasteiger partial charge in [0.05, 0.1) is 11.7 Å². The number of ether oxygens (including phenoxy) is 1. The zero-order valence-corrected chi connectivity index (χ0v) is 27.4. The Hall–Kier alpha value is -1.51. The van der Waals surface area contributed by atoms with Gasteiger partial charge in [0.25, 0.3) is 0 Å². The molecule has 4 aliphatic carbocycles. The Morgan fingerprint density at radius 3 is 2.14 bits per heavy atom. The normalized spacial score (nSPS) is 34.1. The first-order valence-electron chi connectivity index (χ1n) is 17.2. The van der Waals surface area contributed by atoms with E-state index in [2.05, 4.69) is 18.7 Å². The Balaban J connectivity index is 1.27. The van der Waals surface area contributed by atoms with Gasteiger partial charge in [-0.2, -0.15) is 4.31 Å². The van der Waals surface area contributed by atoms with Crippen molar-refractivity contribution in [3.63, 3.8) is 0 Å². The summed E-state index contributed by atoms with van der Waals surface area (Å²) in [4.78, 5) is 16.3. The maximum Gasteiger partial charge on any atom is 0.311 e. The van der Waals surface area contributed by atoms with Gasteiger partial charge >= 0.3 is 5.97 Å². The molecule has 2 bridgehead atoms. The first-order valence-corrected chi connectivity index (χ1v) is 18.8. The Morgan fingerprint density at radius 1 is 0.953 bits per heavy atom. The standard InChI is InChI=1S/C35H53FN2O4S/c1-34(2)26-18-20-35(34,24-43(40,41)38(28-10-6-4-7-11-28)29-12-8-5-9-13-29)32(22-26)42-33(39)31-23-37(3)21-19-30(31)25-14-16-27(36)17-15-25/h14-17,26,28-32H,4-13,18-24H2,1-3H3/t26-,30-,31+,32-,35+/m1/s1. The molecule has 1 aliphatic heterocycles. The molecule has 5 atom stereocenters. The molecular weight excluding hydrogens is 563 g/mol. The molecule has 8 heteroatoms. The van der Waals surface area contributed by atoms with Crippen LogP contribution in [-0.4, -0.2) is 67.7 Å².